The van der Waals surface area contributed by atoms with Gasteiger partial charge in [-0.1, -0.05) is 0 Å². The molecule has 0 bridgehead atoms. The summed E-state index contributed by atoms with van der Waals surface area (Å²) in [5, 5.41) is 0. The van der Waals surface area contributed by atoms with E-state index in [-0.39, 0.29) is 11.6 Å². The molecule has 3 N–H and O–H groups in total. The number of nitrogen functional groups attached to an aromatic ring is 1. The highest BCUT2D eigenvalue weighted by Gasteiger charge is 2.20. The molecule has 1 aliphatic heterocycles. The molecule has 1 fully saturated rings. The number of ether oxygens (including phenoxy) is 1. The minimum Gasteiger partial charge on any atom is -0.381 e. The van der Waals surface area contributed by atoms with Gasteiger partial charge < -0.3 is 15.1 Å². The van der Waals surface area contributed by atoms with Crippen LogP contribution >= 0.6 is 0 Å². The fraction of sp³-hybridized carbons (Fsp3) is 0.583. The molecule has 0 atom stereocenters. The van der Waals surface area contributed by atoms with Crippen molar-refractivity contribution in [2.24, 2.45) is 11.8 Å². The number of pyridine rings is 1. The smallest absolute Gasteiger partial charge is 0.178 e. The van der Waals surface area contributed by atoms with E-state index in [9.17, 15) is 8.78 Å². The van der Waals surface area contributed by atoms with Crippen LogP contribution in [0.2, 0.25) is 0 Å². The molecule has 0 radical (unpaired) electrons. The Morgan fingerprint density at radius 3 is 2.74 bits per heavy atom. The molecular weight excluding hydrogens is 254 g/mol. The first kappa shape index (κ1) is 14.0. The minimum absolute atomic E-state index is 0.0980. The van der Waals surface area contributed by atoms with E-state index in [1.165, 1.54) is 0 Å². The van der Waals surface area contributed by atoms with Gasteiger partial charge in [0.2, 0.25) is 0 Å². The van der Waals surface area contributed by atoms with Crippen molar-refractivity contribution in [3.63, 3.8) is 0 Å². The first-order valence-corrected chi connectivity index (χ1v) is 6.23. The first-order valence-electron chi connectivity index (χ1n) is 6.23. The van der Waals surface area contributed by atoms with E-state index in [2.05, 4.69) is 10.4 Å². The molecule has 5 nitrogen and oxygen atoms in total. The van der Waals surface area contributed by atoms with Crippen molar-refractivity contribution in [3.05, 3.63) is 17.7 Å². The van der Waals surface area contributed by atoms with E-state index in [1.807, 2.05) is 0 Å². The summed E-state index contributed by atoms with van der Waals surface area (Å²) in [7, 11) is 1.74. The average molecular weight is 272 g/mol. The van der Waals surface area contributed by atoms with Crippen molar-refractivity contribution in [2.75, 3.05) is 37.1 Å². The zero-order valence-electron chi connectivity index (χ0n) is 10.8. The third kappa shape index (κ3) is 3.30. The number of nitrogens with two attached hydrogens (primary N) is 1. The fourth-order valence-electron chi connectivity index (χ4n) is 2.23. The molecule has 2 heterocycles. The second-order valence-electron chi connectivity index (χ2n) is 4.70. The molecule has 0 unspecified atom stereocenters. The number of hydrogen-bond donors (Lipinski definition) is 2. The number of hydrazine groups is 1. The van der Waals surface area contributed by atoms with E-state index in [1.54, 1.807) is 11.9 Å². The van der Waals surface area contributed by atoms with Crippen LogP contribution in [0.4, 0.5) is 20.4 Å². The lowest BCUT2D eigenvalue weighted by molar-refractivity contribution is 0.0684. The van der Waals surface area contributed by atoms with Gasteiger partial charge in [0.25, 0.3) is 0 Å². The zero-order valence-corrected chi connectivity index (χ0v) is 10.8. The molecule has 2 rings (SSSR count). The second-order valence-corrected chi connectivity index (χ2v) is 4.70. The Balaban J connectivity index is 2.11. The molecule has 1 aromatic rings. The zero-order chi connectivity index (χ0) is 13.8. The monoisotopic (exact) mass is 272 g/mol. The summed E-state index contributed by atoms with van der Waals surface area (Å²) < 4.78 is 32.3. The normalized spacial score (nSPS) is 16.4. The molecular formula is C12H18F2N4O. The summed E-state index contributed by atoms with van der Waals surface area (Å²) in [6, 6.07) is 0.790. The summed E-state index contributed by atoms with van der Waals surface area (Å²) in [5.74, 6) is 4.02. The molecule has 106 valence electrons. The van der Waals surface area contributed by atoms with Crippen LogP contribution in [-0.2, 0) is 4.74 Å². The number of nitrogens with one attached hydrogen (secondary N) is 1. The van der Waals surface area contributed by atoms with Crippen LogP contribution in [0.1, 0.15) is 12.8 Å². The van der Waals surface area contributed by atoms with Crippen molar-refractivity contribution < 1.29 is 13.5 Å². The van der Waals surface area contributed by atoms with Crippen molar-refractivity contribution in [3.8, 4) is 0 Å². The Morgan fingerprint density at radius 1 is 1.42 bits per heavy atom. The van der Waals surface area contributed by atoms with Gasteiger partial charge >= 0.3 is 0 Å². The Bertz CT molecular complexity index is 438. The third-order valence-corrected chi connectivity index (χ3v) is 3.28. The fourth-order valence-corrected chi connectivity index (χ4v) is 2.23. The lowest BCUT2D eigenvalue weighted by Gasteiger charge is -2.28. The molecule has 1 saturated heterocycles. The lowest BCUT2D eigenvalue weighted by Crippen LogP contribution is -2.31. The van der Waals surface area contributed by atoms with Gasteiger partial charge in [0.15, 0.2) is 23.3 Å². The maximum atomic E-state index is 13.7. The largest absolute Gasteiger partial charge is 0.381 e. The summed E-state index contributed by atoms with van der Waals surface area (Å²) in [6.45, 7) is 2.11. The Morgan fingerprint density at radius 2 is 2.11 bits per heavy atom. The van der Waals surface area contributed by atoms with Gasteiger partial charge in [-0.3, -0.25) is 0 Å². The van der Waals surface area contributed by atoms with Crippen LogP contribution in [0.3, 0.4) is 0 Å². The van der Waals surface area contributed by atoms with Gasteiger partial charge in [-0.15, -0.1) is 0 Å². The van der Waals surface area contributed by atoms with E-state index in [4.69, 9.17) is 10.6 Å². The molecule has 0 amide bonds. The number of nitrogens with zero attached hydrogens (tertiary/aromatic N) is 2. The summed E-state index contributed by atoms with van der Waals surface area (Å²) >= 11 is 0. The van der Waals surface area contributed by atoms with Gasteiger partial charge in [-0.2, -0.15) is 0 Å². The number of aromatic nitrogens is 1. The lowest BCUT2D eigenvalue weighted by atomic mass is 10.00. The topological polar surface area (TPSA) is 63.4 Å². The van der Waals surface area contributed by atoms with E-state index < -0.39 is 11.6 Å². The highest BCUT2D eigenvalue weighted by molar-refractivity contribution is 5.48. The summed E-state index contributed by atoms with van der Waals surface area (Å²) in [6.07, 6.45) is 1.88. The van der Waals surface area contributed by atoms with Crippen LogP contribution in [0.5, 0.6) is 0 Å². The third-order valence-electron chi connectivity index (χ3n) is 3.28. The predicted molar refractivity (Wildman–Crippen MR) is 68.8 cm³/mol. The Labute approximate surface area is 110 Å². The highest BCUT2D eigenvalue weighted by Crippen LogP contribution is 2.23. The predicted octanol–water partition coefficient (Wildman–Crippen LogP) is 1.51. The van der Waals surface area contributed by atoms with Crippen LogP contribution in [0.25, 0.3) is 0 Å². The van der Waals surface area contributed by atoms with Crippen molar-refractivity contribution >= 4 is 11.6 Å². The standard InChI is InChI=1S/C12H18F2N4O/c1-18(7-8-2-4-19-5-3-8)12-10(14)6-9(13)11(16-12)17-15/h6,8H,2-5,7,15H2,1H3,(H,16,17). The van der Waals surface area contributed by atoms with E-state index in [0.717, 1.165) is 32.1 Å². The SMILES string of the molecule is CN(CC1CCOCC1)c1nc(NN)c(F)cc1F. The molecule has 0 saturated carbocycles. The molecule has 19 heavy (non-hydrogen) atoms. The van der Waals surface area contributed by atoms with Crippen LogP contribution in [0, 0.1) is 17.6 Å². The van der Waals surface area contributed by atoms with Gasteiger partial charge in [0.1, 0.15) is 0 Å². The van der Waals surface area contributed by atoms with E-state index >= 15 is 0 Å². The van der Waals surface area contributed by atoms with Gasteiger partial charge in [0.05, 0.1) is 0 Å². The molecule has 0 spiro atoms. The first-order chi connectivity index (χ1) is 9.11. The maximum Gasteiger partial charge on any atom is 0.178 e. The van der Waals surface area contributed by atoms with Gasteiger partial charge in [-0.25, -0.2) is 19.6 Å². The van der Waals surface area contributed by atoms with Gasteiger partial charge in [-0.05, 0) is 18.8 Å². The number of anilines is 2. The second kappa shape index (κ2) is 6.12. The number of rotatable bonds is 4. The Hall–Kier alpha value is -1.47. The van der Waals surface area contributed by atoms with E-state index in [0.29, 0.717) is 12.5 Å². The number of hydrogen-bond acceptors (Lipinski definition) is 5. The average Bonchev–Trinajstić information content (AvgIpc) is 2.40. The van der Waals surface area contributed by atoms with Crippen LogP contribution in [-0.4, -0.2) is 31.8 Å². The van der Waals surface area contributed by atoms with Crippen molar-refractivity contribution in [2.45, 2.75) is 12.8 Å². The molecule has 0 aliphatic carbocycles. The molecule has 0 aromatic carbocycles. The minimum atomic E-state index is -0.803. The highest BCUT2D eigenvalue weighted by atomic mass is 19.1. The number of halogens is 2. The molecule has 1 aliphatic rings. The quantitative estimate of drug-likeness (QED) is 0.642. The Kier molecular flexibility index (Phi) is 4.49. The van der Waals surface area contributed by atoms with Gasteiger partial charge in [0, 0.05) is 32.9 Å². The van der Waals surface area contributed by atoms with Crippen molar-refractivity contribution in [1.82, 2.24) is 4.98 Å². The molecule has 7 heteroatoms. The van der Waals surface area contributed by atoms with Crippen LogP contribution < -0.4 is 16.2 Å². The van der Waals surface area contributed by atoms with Crippen LogP contribution in [0.15, 0.2) is 6.07 Å². The van der Waals surface area contributed by atoms with Crippen molar-refractivity contribution in [1.29, 1.82) is 0 Å². The maximum absolute atomic E-state index is 13.7. The molecule has 1 aromatic heterocycles. The summed E-state index contributed by atoms with van der Waals surface area (Å²) in [5.41, 5.74) is 2.12. The summed E-state index contributed by atoms with van der Waals surface area (Å²) in [4.78, 5) is 5.55.